The standard InChI is InChI=1S/C12H10FNO3/c1-2-7-3-8(5-9(13)4-7)11-6-10(12(15)16)14-17-11/h3-6H,2H2,1H3,(H,15,16). The van der Waals surface area contributed by atoms with Crippen molar-refractivity contribution in [2.45, 2.75) is 13.3 Å². The van der Waals surface area contributed by atoms with Gasteiger partial charge >= 0.3 is 5.97 Å². The maximum atomic E-state index is 13.3. The molecule has 0 saturated heterocycles. The lowest BCUT2D eigenvalue weighted by Gasteiger charge is -2.00. The lowest BCUT2D eigenvalue weighted by molar-refractivity contribution is 0.0686. The van der Waals surface area contributed by atoms with Gasteiger partial charge < -0.3 is 9.63 Å². The second-order valence-electron chi connectivity index (χ2n) is 3.58. The summed E-state index contributed by atoms with van der Waals surface area (Å²) < 4.78 is 18.2. The van der Waals surface area contributed by atoms with E-state index in [1.807, 2.05) is 6.92 Å². The normalized spacial score (nSPS) is 10.5. The van der Waals surface area contributed by atoms with Crippen molar-refractivity contribution in [1.29, 1.82) is 0 Å². The third-order valence-corrected chi connectivity index (χ3v) is 2.38. The van der Waals surface area contributed by atoms with E-state index in [9.17, 15) is 9.18 Å². The summed E-state index contributed by atoms with van der Waals surface area (Å²) in [6.07, 6.45) is 0.685. The van der Waals surface area contributed by atoms with Crippen LogP contribution in [0.1, 0.15) is 23.0 Å². The molecule has 0 saturated carbocycles. The minimum absolute atomic E-state index is 0.192. The first-order valence-corrected chi connectivity index (χ1v) is 5.10. The minimum atomic E-state index is -1.17. The summed E-state index contributed by atoms with van der Waals surface area (Å²) >= 11 is 0. The van der Waals surface area contributed by atoms with Gasteiger partial charge in [-0.3, -0.25) is 0 Å². The number of carbonyl (C=O) groups is 1. The van der Waals surface area contributed by atoms with Crippen LogP contribution in [-0.4, -0.2) is 16.2 Å². The van der Waals surface area contributed by atoms with Crippen LogP contribution >= 0.6 is 0 Å². The number of aromatic nitrogens is 1. The van der Waals surface area contributed by atoms with Crippen molar-refractivity contribution in [3.63, 3.8) is 0 Å². The second kappa shape index (κ2) is 4.37. The zero-order valence-corrected chi connectivity index (χ0v) is 9.11. The Labute approximate surface area is 96.7 Å². The van der Waals surface area contributed by atoms with Gasteiger partial charge in [0.1, 0.15) is 5.82 Å². The Morgan fingerprint density at radius 1 is 1.41 bits per heavy atom. The lowest BCUT2D eigenvalue weighted by Crippen LogP contribution is -1.94. The molecule has 1 N–H and O–H groups in total. The molecule has 0 aliphatic rings. The van der Waals surface area contributed by atoms with Crippen LogP contribution < -0.4 is 0 Å². The van der Waals surface area contributed by atoms with E-state index in [-0.39, 0.29) is 17.3 Å². The molecule has 4 nitrogen and oxygen atoms in total. The molecule has 1 heterocycles. The van der Waals surface area contributed by atoms with E-state index >= 15 is 0 Å². The molecule has 88 valence electrons. The van der Waals surface area contributed by atoms with Gasteiger partial charge in [-0.05, 0) is 30.2 Å². The largest absolute Gasteiger partial charge is 0.476 e. The number of carboxylic acids is 1. The van der Waals surface area contributed by atoms with Crippen molar-refractivity contribution in [1.82, 2.24) is 5.16 Å². The average molecular weight is 235 g/mol. The SMILES string of the molecule is CCc1cc(F)cc(-c2cc(C(=O)O)no2)c1. The van der Waals surface area contributed by atoms with Gasteiger partial charge in [-0.15, -0.1) is 0 Å². The van der Waals surface area contributed by atoms with Gasteiger partial charge in [-0.2, -0.15) is 0 Å². The molecule has 0 unspecified atom stereocenters. The number of rotatable bonds is 3. The molecular weight excluding hydrogens is 225 g/mol. The van der Waals surface area contributed by atoms with Crippen LogP contribution in [0.5, 0.6) is 0 Å². The Morgan fingerprint density at radius 3 is 2.76 bits per heavy atom. The predicted octanol–water partition coefficient (Wildman–Crippen LogP) is 2.74. The number of halogens is 1. The lowest BCUT2D eigenvalue weighted by atomic mass is 10.1. The molecule has 0 radical (unpaired) electrons. The van der Waals surface area contributed by atoms with E-state index in [1.165, 1.54) is 18.2 Å². The number of benzene rings is 1. The highest BCUT2D eigenvalue weighted by molar-refractivity contribution is 5.86. The van der Waals surface area contributed by atoms with Crippen molar-refractivity contribution >= 4 is 5.97 Å². The molecule has 1 aromatic carbocycles. The third-order valence-electron chi connectivity index (χ3n) is 2.38. The molecule has 0 amide bonds. The summed E-state index contributed by atoms with van der Waals surface area (Å²) in [4.78, 5) is 10.6. The summed E-state index contributed by atoms with van der Waals surface area (Å²) in [6, 6.07) is 5.73. The number of carboxylic acid groups (broad SMARTS) is 1. The van der Waals surface area contributed by atoms with Gasteiger partial charge in [0.25, 0.3) is 0 Å². The first-order valence-electron chi connectivity index (χ1n) is 5.10. The van der Waals surface area contributed by atoms with Gasteiger partial charge in [0.05, 0.1) is 0 Å². The quantitative estimate of drug-likeness (QED) is 0.888. The van der Waals surface area contributed by atoms with Crippen molar-refractivity contribution in [2.24, 2.45) is 0 Å². The Morgan fingerprint density at radius 2 is 2.18 bits per heavy atom. The highest BCUT2D eigenvalue weighted by atomic mass is 19.1. The van der Waals surface area contributed by atoms with Crippen LogP contribution in [0.3, 0.4) is 0 Å². The predicted molar refractivity (Wildman–Crippen MR) is 58.2 cm³/mol. The van der Waals surface area contributed by atoms with Crippen molar-refractivity contribution in [3.8, 4) is 11.3 Å². The van der Waals surface area contributed by atoms with Crippen LogP contribution in [0.25, 0.3) is 11.3 Å². The van der Waals surface area contributed by atoms with Crippen LogP contribution in [-0.2, 0) is 6.42 Å². The fourth-order valence-electron chi connectivity index (χ4n) is 1.51. The van der Waals surface area contributed by atoms with Crippen LogP contribution in [0.2, 0.25) is 0 Å². The fourth-order valence-corrected chi connectivity index (χ4v) is 1.51. The van der Waals surface area contributed by atoms with Gasteiger partial charge in [-0.1, -0.05) is 12.1 Å². The molecule has 0 aliphatic carbocycles. The Balaban J connectivity index is 2.44. The highest BCUT2D eigenvalue weighted by Gasteiger charge is 2.13. The number of hydrogen-bond acceptors (Lipinski definition) is 3. The summed E-state index contributed by atoms with van der Waals surface area (Å²) in [5, 5.41) is 12.1. The number of aromatic carboxylic acids is 1. The summed E-state index contributed by atoms with van der Waals surface area (Å²) in [5.74, 6) is -1.31. The van der Waals surface area contributed by atoms with Crippen molar-refractivity contribution < 1.29 is 18.8 Å². The van der Waals surface area contributed by atoms with Crippen LogP contribution in [0, 0.1) is 5.82 Å². The maximum Gasteiger partial charge on any atom is 0.358 e. The van der Waals surface area contributed by atoms with E-state index in [1.54, 1.807) is 6.07 Å². The zero-order valence-electron chi connectivity index (χ0n) is 9.11. The van der Waals surface area contributed by atoms with Gasteiger partial charge in [-0.25, -0.2) is 9.18 Å². The molecule has 5 heteroatoms. The number of aryl methyl sites for hydroxylation is 1. The van der Waals surface area contributed by atoms with E-state index in [0.717, 1.165) is 5.56 Å². The van der Waals surface area contributed by atoms with Crippen LogP contribution in [0.15, 0.2) is 28.8 Å². The second-order valence-corrected chi connectivity index (χ2v) is 3.58. The molecule has 17 heavy (non-hydrogen) atoms. The minimum Gasteiger partial charge on any atom is -0.476 e. The highest BCUT2D eigenvalue weighted by Crippen LogP contribution is 2.23. The van der Waals surface area contributed by atoms with E-state index in [2.05, 4.69) is 5.16 Å². The molecule has 0 spiro atoms. The van der Waals surface area contributed by atoms with Gasteiger partial charge in [0, 0.05) is 11.6 Å². The van der Waals surface area contributed by atoms with Gasteiger partial charge in [0.2, 0.25) is 0 Å². The molecule has 0 aliphatic heterocycles. The monoisotopic (exact) mass is 235 g/mol. The number of hydrogen-bond donors (Lipinski definition) is 1. The Hall–Kier alpha value is -2.17. The summed E-state index contributed by atoms with van der Waals surface area (Å²) in [6.45, 7) is 1.90. The molecular formula is C12H10FNO3. The molecule has 2 rings (SSSR count). The first kappa shape index (κ1) is 11.3. The van der Waals surface area contributed by atoms with E-state index < -0.39 is 5.97 Å². The summed E-state index contributed by atoms with van der Waals surface area (Å²) in [7, 11) is 0. The third kappa shape index (κ3) is 2.33. The molecule has 0 atom stereocenters. The molecule has 0 fully saturated rings. The van der Waals surface area contributed by atoms with Gasteiger partial charge in [0.15, 0.2) is 11.5 Å². The fraction of sp³-hybridized carbons (Fsp3) is 0.167. The topological polar surface area (TPSA) is 63.3 Å². The maximum absolute atomic E-state index is 13.3. The zero-order chi connectivity index (χ0) is 12.4. The Bertz CT molecular complexity index is 563. The van der Waals surface area contributed by atoms with Crippen LogP contribution in [0.4, 0.5) is 4.39 Å². The summed E-state index contributed by atoms with van der Waals surface area (Å²) in [5.41, 5.74) is 1.11. The van der Waals surface area contributed by atoms with E-state index in [4.69, 9.17) is 9.63 Å². The molecule has 1 aromatic heterocycles. The Kier molecular flexibility index (Phi) is 2.91. The smallest absolute Gasteiger partial charge is 0.358 e. The molecule has 2 aromatic rings. The average Bonchev–Trinajstić information content (AvgIpc) is 2.77. The molecule has 0 bridgehead atoms. The first-order chi connectivity index (χ1) is 8.10. The van der Waals surface area contributed by atoms with Crippen molar-refractivity contribution in [3.05, 3.63) is 41.3 Å². The van der Waals surface area contributed by atoms with E-state index in [0.29, 0.717) is 12.0 Å². The van der Waals surface area contributed by atoms with Crippen molar-refractivity contribution in [2.75, 3.05) is 0 Å². The number of nitrogens with zero attached hydrogens (tertiary/aromatic N) is 1.